The summed E-state index contributed by atoms with van der Waals surface area (Å²) in [5.74, 6) is 0. The van der Waals surface area contributed by atoms with E-state index >= 15 is 0 Å². The minimum Gasteiger partial charge on any atom is -0.0956 e. The van der Waals surface area contributed by atoms with Crippen LogP contribution < -0.4 is 0 Å². The smallest absolute Gasteiger partial charge is 0.0217 e. The molecule has 1 rings (SSSR count). The summed E-state index contributed by atoms with van der Waals surface area (Å²) >= 11 is 0. The van der Waals surface area contributed by atoms with E-state index in [-0.39, 0.29) is 0 Å². The molecular formula is C13H22. The predicted octanol–water partition coefficient (Wildman–Crippen LogP) is 4.48. The molecule has 0 N–H and O–H groups in total. The molecule has 0 aromatic rings. The average Bonchev–Trinajstić information content (AvgIpc) is 2.29. The highest BCUT2D eigenvalue weighted by Crippen LogP contribution is 2.49. The van der Waals surface area contributed by atoms with Crippen LogP contribution in [0.15, 0.2) is 24.3 Å². The summed E-state index contributed by atoms with van der Waals surface area (Å²) in [6, 6.07) is 0. The lowest BCUT2D eigenvalue weighted by atomic mass is 9.77. The number of allylic oxidation sites excluding steroid dienone is 2. The fraction of sp³-hybridized carbons (Fsp3) is 0.692. The van der Waals surface area contributed by atoms with Gasteiger partial charge in [0.25, 0.3) is 0 Å². The molecule has 1 saturated carbocycles. The maximum atomic E-state index is 4.10. The number of hydrogen-bond donors (Lipinski definition) is 0. The Labute approximate surface area is 82.7 Å². The molecule has 0 amide bonds. The van der Waals surface area contributed by atoms with Crippen molar-refractivity contribution in [2.75, 3.05) is 0 Å². The van der Waals surface area contributed by atoms with Crippen LogP contribution in [0, 0.1) is 5.41 Å². The van der Waals surface area contributed by atoms with Gasteiger partial charge in [0.2, 0.25) is 0 Å². The molecule has 1 fully saturated rings. The third kappa shape index (κ3) is 2.24. The van der Waals surface area contributed by atoms with Crippen LogP contribution in [0.3, 0.4) is 0 Å². The molecule has 0 aromatic carbocycles. The highest BCUT2D eigenvalue weighted by atomic mass is 14.4. The summed E-state index contributed by atoms with van der Waals surface area (Å²) in [4.78, 5) is 0. The highest BCUT2D eigenvalue weighted by molar-refractivity contribution is 5.33. The molecule has 1 aliphatic rings. The molecule has 13 heavy (non-hydrogen) atoms. The Kier molecular flexibility index (Phi) is 3.35. The zero-order valence-electron chi connectivity index (χ0n) is 9.16. The van der Waals surface area contributed by atoms with E-state index < -0.39 is 0 Å². The summed E-state index contributed by atoms with van der Waals surface area (Å²) in [5.41, 5.74) is 3.15. The Balaban J connectivity index is 2.69. The van der Waals surface area contributed by atoms with Gasteiger partial charge in [-0.15, -0.1) is 0 Å². The van der Waals surface area contributed by atoms with Crippen molar-refractivity contribution < 1.29 is 0 Å². The van der Waals surface area contributed by atoms with Crippen molar-refractivity contribution in [1.82, 2.24) is 0 Å². The molecule has 0 atom stereocenters. The Bertz CT molecular complexity index is 186. The van der Waals surface area contributed by atoms with Crippen molar-refractivity contribution in [1.29, 1.82) is 0 Å². The molecule has 0 heterocycles. The van der Waals surface area contributed by atoms with E-state index in [1.807, 2.05) is 0 Å². The first-order valence-electron chi connectivity index (χ1n) is 5.49. The van der Waals surface area contributed by atoms with Gasteiger partial charge in [0.15, 0.2) is 0 Å². The Morgan fingerprint density at radius 3 is 1.69 bits per heavy atom. The second-order valence-electron chi connectivity index (χ2n) is 4.56. The predicted molar refractivity (Wildman–Crippen MR) is 59.8 cm³/mol. The molecule has 0 heteroatoms. The largest absolute Gasteiger partial charge is 0.0956 e. The van der Waals surface area contributed by atoms with Crippen molar-refractivity contribution in [3.63, 3.8) is 0 Å². The molecule has 0 aromatic heterocycles. The lowest BCUT2D eigenvalue weighted by Crippen LogP contribution is -2.15. The standard InChI is InChI=1S/C13H22/c1-5-7-13(8-6-2)9-11(3)12(4)10-13/h3-10H2,1-2H3. The zero-order valence-corrected chi connectivity index (χ0v) is 9.16. The molecule has 0 nitrogen and oxygen atoms in total. The highest BCUT2D eigenvalue weighted by Gasteiger charge is 2.35. The Morgan fingerprint density at radius 2 is 1.38 bits per heavy atom. The quantitative estimate of drug-likeness (QED) is 0.595. The van der Waals surface area contributed by atoms with E-state index in [1.165, 1.54) is 49.7 Å². The summed E-state index contributed by atoms with van der Waals surface area (Å²) in [6.45, 7) is 12.7. The molecule has 0 aliphatic heterocycles. The topological polar surface area (TPSA) is 0 Å². The monoisotopic (exact) mass is 178 g/mol. The summed E-state index contributed by atoms with van der Waals surface area (Å²) < 4.78 is 0. The summed E-state index contributed by atoms with van der Waals surface area (Å²) in [6.07, 6.45) is 7.68. The second kappa shape index (κ2) is 4.13. The van der Waals surface area contributed by atoms with Crippen LogP contribution in [0.5, 0.6) is 0 Å². The fourth-order valence-electron chi connectivity index (χ4n) is 2.76. The first kappa shape index (κ1) is 10.6. The molecule has 0 bridgehead atoms. The third-order valence-corrected chi connectivity index (χ3v) is 3.24. The van der Waals surface area contributed by atoms with E-state index in [2.05, 4.69) is 27.0 Å². The van der Waals surface area contributed by atoms with Crippen LogP contribution in [-0.2, 0) is 0 Å². The van der Waals surface area contributed by atoms with Crippen LogP contribution in [-0.4, -0.2) is 0 Å². The van der Waals surface area contributed by atoms with Crippen molar-refractivity contribution >= 4 is 0 Å². The van der Waals surface area contributed by atoms with E-state index in [0.29, 0.717) is 5.41 Å². The van der Waals surface area contributed by atoms with Gasteiger partial charge in [-0.1, -0.05) is 51.0 Å². The molecule has 0 saturated heterocycles. The first-order chi connectivity index (χ1) is 6.13. The van der Waals surface area contributed by atoms with Crippen LogP contribution in [0.1, 0.15) is 52.4 Å². The van der Waals surface area contributed by atoms with Crippen LogP contribution >= 0.6 is 0 Å². The SMILES string of the molecule is C=C1CC(CCC)(CCC)CC1=C. The first-order valence-corrected chi connectivity index (χ1v) is 5.49. The van der Waals surface area contributed by atoms with Gasteiger partial charge in [0.1, 0.15) is 0 Å². The molecule has 74 valence electrons. The van der Waals surface area contributed by atoms with E-state index in [1.54, 1.807) is 0 Å². The Morgan fingerprint density at radius 1 is 1.00 bits per heavy atom. The van der Waals surface area contributed by atoms with Crippen LogP contribution in [0.2, 0.25) is 0 Å². The number of hydrogen-bond acceptors (Lipinski definition) is 0. The van der Waals surface area contributed by atoms with Crippen molar-refractivity contribution in [3.8, 4) is 0 Å². The van der Waals surface area contributed by atoms with Gasteiger partial charge in [-0.05, 0) is 31.1 Å². The minimum atomic E-state index is 0.539. The number of rotatable bonds is 4. The molecular weight excluding hydrogens is 156 g/mol. The van der Waals surface area contributed by atoms with Gasteiger partial charge in [0.05, 0.1) is 0 Å². The van der Waals surface area contributed by atoms with Gasteiger partial charge < -0.3 is 0 Å². The molecule has 0 spiro atoms. The van der Waals surface area contributed by atoms with E-state index in [9.17, 15) is 0 Å². The molecule has 0 unspecified atom stereocenters. The molecule has 1 aliphatic carbocycles. The van der Waals surface area contributed by atoms with Crippen molar-refractivity contribution in [2.45, 2.75) is 52.4 Å². The van der Waals surface area contributed by atoms with E-state index in [0.717, 1.165) is 0 Å². The van der Waals surface area contributed by atoms with Crippen LogP contribution in [0.4, 0.5) is 0 Å². The van der Waals surface area contributed by atoms with Gasteiger partial charge in [-0.25, -0.2) is 0 Å². The maximum absolute atomic E-state index is 4.10. The lowest BCUT2D eigenvalue weighted by Gasteiger charge is -2.27. The van der Waals surface area contributed by atoms with E-state index in [4.69, 9.17) is 0 Å². The van der Waals surface area contributed by atoms with Crippen molar-refractivity contribution in [3.05, 3.63) is 24.3 Å². The molecule has 0 radical (unpaired) electrons. The maximum Gasteiger partial charge on any atom is -0.0217 e. The second-order valence-corrected chi connectivity index (χ2v) is 4.56. The lowest BCUT2D eigenvalue weighted by molar-refractivity contribution is 0.256. The van der Waals surface area contributed by atoms with Crippen LogP contribution in [0.25, 0.3) is 0 Å². The summed E-state index contributed by atoms with van der Waals surface area (Å²) in [5, 5.41) is 0. The van der Waals surface area contributed by atoms with Crippen molar-refractivity contribution in [2.24, 2.45) is 5.41 Å². The van der Waals surface area contributed by atoms with Gasteiger partial charge >= 0.3 is 0 Å². The van der Waals surface area contributed by atoms with Gasteiger partial charge in [-0.2, -0.15) is 0 Å². The Hall–Kier alpha value is -0.520. The average molecular weight is 178 g/mol. The zero-order chi connectivity index (χ0) is 9.90. The minimum absolute atomic E-state index is 0.539. The normalized spacial score (nSPS) is 21.1. The van der Waals surface area contributed by atoms with Gasteiger partial charge in [-0.3, -0.25) is 0 Å². The third-order valence-electron chi connectivity index (χ3n) is 3.24. The van der Waals surface area contributed by atoms with Gasteiger partial charge in [0, 0.05) is 0 Å². The fourth-order valence-corrected chi connectivity index (χ4v) is 2.76. The summed E-state index contributed by atoms with van der Waals surface area (Å²) in [7, 11) is 0.